The Morgan fingerprint density at radius 2 is 1.86 bits per heavy atom. The summed E-state index contributed by atoms with van der Waals surface area (Å²) in [6, 6.07) is 15.2. The smallest absolute Gasteiger partial charge is 0.242 e. The van der Waals surface area contributed by atoms with Gasteiger partial charge in [0.1, 0.15) is 12.3 Å². The fourth-order valence-electron chi connectivity index (χ4n) is 2.95. The maximum absolute atomic E-state index is 12.6. The van der Waals surface area contributed by atoms with Gasteiger partial charge in [-0.1, -0.05) is 35.5 Å². The molecular weight excluding hydrogens is 394 g/mol. The van der Waals surface area contributed by atoms with Crippen LogP contribution in [0.15, 0.2) is 53.7 Å². The molecule has 0 aliphatic heterocycles. The number of nitrogens with zero attached hydrogens (tertiary/aromatic N) is 3. The van der Waals surface area contributed by atoms with Crippen molar-refractivity contribution in [2.75, 3.05) is 25.4 Å². The lowest BCUT2D eigenvalue weighted by molar-refractivity contribution is -0.131. The van der Waals surface area contributed by atoms with E-state index in [1.807, 2.05) is 71.8 Å². The molecule has 0 aliphatic carbocycles. The van der Waals surface area contributed by atoms with Crippen LogP contribution in [-0.4, -0.2) is 45.8 Å². The number of aromatic nitrogens is 2. The molecule has 0 spiro atoms. The number of carbonyl (C=O) groups excluding carboxylic acids is 1. The van der Waals surface area contributed by atoms with Crippen molar-refractivity contribution in [1.82, 2.24) is 14.5 Å². The number of para-hydroxylation sites is 2. The molecule has 0 saturated heterocycles. The SMILES string of the molecule is CCN(CC)C(=O)Cn1c(SCCOc2ccc(Cl)cc2)nc2ccccc21. The van der Waals surface area contributed by atoms with Crippen LogP contribution in [0.2, 0.25) is 5.02 Å². The molecule has 3 aromatic rings. The summed E-state index contributed by atoms with van der Waals surface area (Å²) in [6.45, 7) is 6.25. The summed E-state index contributed by atoms with van der Waals surface area (Å²) >= 11 is 7.49. The highest BCUT2D eigenvalue weighted by Gasteiger charge is 2.16. The van der Waals surface area contributed by atoms with Crippen molar-refractivity contribution < 1.29 is 9.53 Å². The van der Waals surface area contributed by atoms with E-state index in [1.165, 1.54) is 0 Å². The first-order chi connectivity index (χ1) is 13.6. The van der Waals surface area contributed by atoms with E-state index in [2.05, 4.69) is 0 Å². The zero-order valence-corrected chi connectivity index (χ0v) is 17.7. The van der Waals surface area contributed by atoms with Gasteiger partial charge >= 0.3 is 0 Å². The topological polar surface area (TPSA) is 47.4 Å². The Kier molecular flexibility index (Phi) is 7.23. The summed E-state index contributed by atoms with van der Waals surface area (Å²) in [5, 5.41) is 1.52. The number of amides is 1. The Morgan fingerprint density at radius 3 is 2.57 bits per heavy atom. The Bertz CT molecular complexity index is 923. The lowest BCUT2D eigenvalue weighted by Gasteiger charge is -2.19. The lowest BCUT2D eigenvalue weighted by atomic mass is 10.3. The molecule has 0 unspecified atom stereocenters. The number of hydrogen-bond acceptors (Lipinski definition) is 4. The number of imidazole rings is 1. The van der Waals surface area contributed by atoms with Crippen molar-refractivity contribution in [1.29, 1.82) is 0 Å². The third-order valence-electron chi connectivity index (χ3n) is 4.43. The minimum absolute atomic E-state index is 0.104. The first-order valence-electron chi connectivity index (χ1n) is 9.36. The number of likely N-dealkylation sites (N-methyl/N-ethyl adjacent to an activating group) is 1. The monoisotopic (exact) mass is 417 g/mol. The highest BCUT2D eigenvalue weighted by Crippen LogP contribution is 2.24. The molecule has 5 nitrogen and oxygen atoms in total. The van der Waals surface area contributed by atoms with Crippen molar-refractivity contribution in [2.45, 2.75) is 25.5 Å². The minimum Gasteiger partial charge on any atom is -0.493 e. The van der Waals surface area contributed by atoms with Gasteiger partial charge in [0.05, 0.1) is 17.6 Å². The predicted octanol–water partition coefficient (Wildman–Crippen LogP) is 4.73. The van der Waals surface area contributed by atoms with Crippen LogP contribution < -0.4 is 4.74 Å². The summed E-state index contributed by atoms with van der Waals surface area (Å²) in [5.41, 5.74) is 1.88. The van der Waals surface area contributed by atoms with Crippen molar-refractivity contribution in [2.24, 2.45) is 0 Å². The normalized spacial score (nSPS) is 11.0. The van der Waals surface area contributed by atoms with Crippen LogP contribution in [0.4, 0.5) is 0 Å². The van der Waals surface area contributed by atoms with Gasteiger partial charge in [-0.3, -0.25) is 4.79 Å². The molecule has 1 amide bonds. The molecule has 0 atom stereocenters. The number of hydrogen-bond donors (Lipinski definition) is 0. The minimum atomic E-state index is 0.104. The number of ether oxygens (including phenoxy) is 1. The van der Waals surface area contributed by atoms with E-state index in [0.29, 0.717) is 31.3 Å². The van der Waals surface area contributed by atoms with Gasteiger partial charge in [-0.15, -0.1) is 0 Å². The molecule has 2 aromatic carbocycles. The second-order valence-electron chi connectivity index (χ2n) is 6.19. The zero-order valence-electron chi connectivity index (χ0n) is 16.1. The Balaban J connectivity index is 1.69. The van der Waals surface area contributed by atoms with Crippen molar-refractivity contribution in [3.8, 4) is 5.75 Å². The molecule has 148 valence electrons. The molecule has 28 heavy (non-hydrogen) atoms. The van der Waals surface area contributed by atoms with Gasteiger partial charge in [0, 0.05) is 23.9 Å². The van der Waals surface area contributed by atoms with Gasteiger partial charge in [0.2, 0.25) is 5.91 Å². The standard InChI is InChI=1S/C21H24ClN3O2S/c1-3-24(4-2)20(26)15-25-19-8-6-5-7-18(19)23-21(25)28-14-13-27-17-11-9-16(22)10-12-17/h5-12H,3-4,13-15H2,1-2H3. The van der Waals surface area contributed by atoms with E-state index in [1.54, 1.807) is 11.8 Å². The van der Waals surface area contributed by atoms with E-state index in [-0.39, 0.29) is 5.91 Å². The van der Waals surface area contributed by atoms with Crippen LogP contribution in [0.3, 0.4) is 0 Å². The van der Waals surface area contributed by atoms with Gasteiger partial charge in [0.25, 0.3) is 0 Å². The average molecular weight is 418 g/mol. The Labute approximate surface area is 174 Å². The molecule has 0 radical (unpaired) electrons. The Morgan fingerprint density at radius 1 is 1.14 bits per heavy atom. The van der Waals surface area contributed by atoms with Gasteiger partial charge in [-0.2, -0.15) is 0 Å². The molecule has 0 aliphatic rings. The molecule has 0 bridgehead atoms. The fraction of sp³-hybridized carbons (Fsp3) is 0.333. The van der Waals surface area contributed by atoms with Crippen LogP contribution in [0.1, 0.15) is 13.8 Å². The summed E-state index contributed by atoms with van der Waals surface area (Å²) < 4.78 is 7.76. The zero-order chi connectivity index (χ0) is 19.9. The van der Waals surface area contributed by atoms with E-state index in [9.17, 15) is 4.79 Å². The molecule has 3 rings (SSSR count). The van der Waals surface area contributed by atoms with Gasteiger partial charge in [0.15, 0.2) is 5.16 Å². The molecule has 0 fully saturated rings. The maximum Gasteiger partial charge on any atom is 0.242 e. The predicted molar refractivity (Wildman–Crippen MR) is 115 cm³/mol. The number of rotatable bonds is 9. The highest BCUT2D eigenvalue weighted by atomic mass is 35.5. The first-order valence-corrected chi connectivity index (χ1v) is 10.7. The van der Waals surface area contributed by atoms with E-state index in [0.717, 1.165) is 27.7 Å². The van der Waals surface area contributed by atoms with E-state index in [4.69, 9.17) is 21.3 Å². The number of fused-ring (bicyclic) bond motifs is 1. The lowest BCUT2D eigenvalue weighted by Crippen LogP contribution is -2.33. The molecule has 1 aromatic heterocycles. The van der Waals surface area contributed by atoms with E-state index >= 15 is 0 Å². The van der Waals surface area contributed by atoms with Gasteiger partial charge < -0.3 is 14.2 Å². The molecule has 1 heterocycles. The molecule has 0 saturated carbocycles. The van der Waals surface area contributed by atoms with Gasteiger partial charge in [-0.05, 0) is 50.2 Å². The quantitative estimate of drug-likeness (QED) is 0.373. The third kappa shape index (κ3) is 5.00. The van der Waals surface area contributed by atoms with Crippen LogP contribution in [-0.2, 0) is 11.3 Å². The number of thioether (sulfide) groups is 1. The van der Waals surface area contributed by atoms with Crippen LogP contribution in [0, 0.1) is 0 Å². The van der Waals surface area contributed by atoms with Crippen molar-refractivity contribution in [3.05, 3.63) is 53.6 Å². The van der Waals surface area contributed by atoms with Crippen LogP contribution in [0.25, 0.3) is 11.0 Å². The highest BCUT2D eigenvalue weighted by molar-refractivity contribution is 7.99. The molecular formula is C21H24ClN3O2S. The number of carbonyl (C=O) groups is 1. The van der Waals surface area contributed by atoms with E-state index < -0.39 is 0 Å². The number of halogens is 1. The van der Waals surface area contributed by atoms with Crippen molar-refractivity contribution >= 4 is 40.3 Å². The second kappa shape index (κ2) is 9.85. The average Bonchev–Trinajstić information content (AvgIpc) is 3.05. The van der Waals surface area contributed by atoms with Crippen LogP contribution >= 0.6 is 23.4 Å². The summed E-state index contributed by atoms with van der Waals surface area (Å²) in [5.74, 6) is 1.62. The van der Waals surface area contributed by atoms with Gasteiger partial charge in [-0.25, -0.2) is 4.98 Å². The Hall–Kier alpha value is -2.18. The largest absolute Gasteiger partial charge is 0.493 e. The maximum atomic E-state index is 12.6. The summed E-state index contributed by atoms with van der Waals surface area (Å²) in [7, 11) is 0. The fourth-order valence-corrected chi connectivity index (χ4v) is 3.91. The van der Waals surface area contributed by atoms with Crippen LogP contribution in [0.5, 0.6) is 5.75 Å². The molecule has 0 N–H and O–H groups in total. The second-order valence-corrected chi connectivity index (χ2v) is 7.68. The summed E-state index contributed by atoms with van der Waals surface area (Å²) in [6.07, 6.45) is 0. The summed E-state index contributed by atoms with van der Waals surface area (Å²) in [4.78, 5) is 19.2. The first kappa shape index (κ1) is 20.6. The van der Waals surface area contributed by atoms with Crippen molar-refractivity contribution in [3.63, 3.8) is 0 Å². The third-order valence-corrected chi connectivity index (χ3v) is 5.62. The number of benzene rings is 2. The molecule has 7 heteroatoms.